The second-order valence-corrected chi connectivity index (χ2v) is 5.69. The number of hydrogen-bond acceptors (Lipinski definition) is 3. The molecule has 0 unspecified atom stereocenters. The van der Waals surface area contributed by atoms with Gasteiger partial charge in [-0.2, -0.15) is 0 Å². The van der Waals surface area contributed by atoms with Crippen molar-refractivity contribution in [2.45, 2.75) is 0 Å². The number of ether oxygens (including phenoxy) is 2. The number of halogens is 1. The van der Waals surface area contributed by atoms with Crippen molar-refractivity contribution in [2.75, 3.05) is 7.11 Å². The van der Waals surface area contributed by atoms with Gasteiger partial charge in [-0.1, -0.05) is 18.2 Å². The largest absolute Gasteiger partial charge is 0.464 e. The molecule has 0 saturated heterocycles. The first kappa shape index (κ1) is 14.7. The molecule has 5 heteroatoms. The molecule has 1 heterocycles. The zero-order valence-corrected chi connectivity index (χ0v) is 13.8. The fourth-order valence-electron chi connectivity index (χ4n) is 2.35. The Balaban J connectivity index is 2.08. The lowest BCUT2D eigenvalue weighted by molar-refractivity contribution is 0.0590. The molecule has 4 nitrogen and oxygen atoms in total. The molecule has 0 aliphatic heterocycles. The van der Waals surface area contributed by atoms with Crippen LogP contribution in [0.1, 0.15) is 10.5 Å². The Labute approximate surface area is 136 Å². The van der Waals surface area contributed by atoms with Gasteiger partial charge >= 0.3 is 5.97 Å². The van der Waals surface area contributed by atoms with Crippen molar-refractivity contribution in [1.82, 2.24) is 4.57 Å². The molecule has 0 aliphatic rings. The maximum atomic E-state index is 11.8. The van der Waals surface area contributed by atoms with Gasteiger partial charge in [0.25, 0.3) is 0 Å². The summed E-state index contributed by atoms with van der Waals surface area (Å²) in [5.41, 5.74) is 1.38. The topological polar surface area (TPSA) is 40.5 Å². The molecule has 0 saturated carbocycles. The molecule has 3 rings (SSSR count). The number of carbonyl (C=O) groups excluding carboxylic acids is 1. The lowest BCUT2D eigenvalue weighted by atomic mass is 10.2. The number of carbonyl (C=O) groups is 1. The van der Waals surface area contributed by atoms with Gasteiger partial charge in [0.15, 0.2) is 0 Å². The molecule has 0 amide bonds. The highest BCUT2D eigenvalue weighted by Gasteiger charge is 2.16. The summed E-state index contributed by atoms with van der Waals surface area (Å²) in [5.74, 6) is 1.09. The molecule has 0 atom stereocenters. The van der Waals surface area contributed by atoms with Crippen LogP contribution in [0, 0.1) is 0 Å². The van der Waals surface area contributed by atoms with Crippen molar-refractivity contribution < 1.29 is 14.3 Å². The summed E-state index contributed by atoms with van der Waals surface area (Å²) >= 11 is 3.53. The number of methoxy groups -OCH3 is 1. The third-order valence-electron chi connectivity index (χ3n) is 3.46. The van der Waals surface area contributed by atoms with E-state index in [9.17, 15) is 4.79 Å². The Hall–Kier alpha value is -2.27. The van der Waals surface area contributed by atoms with E-state index in [4.69, 9.17) is 9.47 Å². The molecule has 0 bridgehead atoms. The Bertz CT molecular complexity index is 840. The van der Waals surface area contributed by atoms with Gasteiger partial charge in [0.05, 0.1) is 12.6 Å². The van der Waals surface area contributed by atoms with Gasteiger partial charge in [-0.3, -0.25) is 0 Å². The zero-order valence-electron chi connectivity index (χ0n) is 12.2. The van der Waals surface area contributed by atoms with Gasteiger partial charge in [-0.15, -0.1) is 0 Å². The number of esters is 1. The van der Waals surface area contributed by atoms with Crippen LogP contribution in [0.15, 0.2) is 53.0 Å². The average Bonchev–Trinajstić information content (AvgIpc) is 2.86. The Morgan fingerprint density at radius 3 is 2.50 bits per heavy atom. The first-order chi connectivity index (χ1) is 10.6. The van der Waals surface area contributed by atoms with E-state index in [2.05, 4.69) is 15.9 Å². The van der Waals surface area contributed by atoms with Gasteiger partial charge in [0, 0.05) is 23.0 Å². The van der Waals surface area contributed by atoms with Gasteiger partial charge in [-0.25, -0.2) is 4.79 Å². The van der Waals surface area contributed by atoms with Gasteiger partial charge in [-0.05, 0) is 40.2 Å². The molecular weight excluding hydrogens is 346 g/mol. The quantitative estimate of drug-likeness (QED) is 0.645. The molecule has 0 radical (unpaired) electrons. The number of aryl methyl sites for hydroxylation is 1. The smallest absolute Gasteiger partial charge is 0.354 e. The number of fused-ring (bicyclic) bond motifs is 1. The standard InChI is InChI=1S/C17H14BrNO3/c1-19-15-9-12(22-11-6-4-3-5-7-11)8-14(18)13(15)10-16(19)17(20)21-2/h3-10H,1-2H3. The minimum atomic E-state index is -0.365. The Morgan fingerprint density at radius 2 is 1.82 bits per heavy atom. The second kappa shape index (κ2) is 5.85. The van der Waals surface area contributed by atoms with Gasteiger partial charge in [0.1, 0.15) is 17.2 Å². The van der Waals surface area contributed by atoms with Crippen LogP contribution in [-0.4, -0.2) is 17.6 Å². The summed E-state index contributed by atoms with van der Waals surface area (Å²) in [6.07, 6.45) is 0. The molecule has 0 N–H and O–H groups in total. The number of hydrogen-bond donors (Lipinski definition) is 0. The number of nitrogens with zero attached hydrogens (tertiary/aromatic N) is 1. The highest BCUT2D eigenvalue weighted by Crippen LogP contribution is 2.33. The highest BCUT2D eigenvalue weighted by molar-refractivity contribution is 9.10. The van der Waals surface area contributed by atoms with Crippen molar-refractivity contribution in [1.29, 1.82) is 0 Å². The van der Waals surface area contributed by atoms with E-state index >= 15 is 0 Å². The van der Waals surface area contributed by atoms with Gasteiger partial charge < -0.3 is 14.0 Å². The fraction of sp³-hybridized carbons (Fsp3) is 0.118. The number of para-hydroxylation sites is 1. The summed E-state index contributed by atoms with van der Waals surface area (Å²) in [7, 11) is 3.20. The van der Waals surface area contributed by atoms with E-state index in [0.717, 1.165) is 21.1 Å². The zero-order chi connectivity index (χ0) is 15.7. The minimum absolute atomic E-state index is 0.365. The van der Waals surface area contributed by atoms with Crippen molar-refractivity contribution in [3.63, 3.8) is 0 Å². The second-order valence-electron chi connectivity index (χ2n) is 4.83. The monoisotopic (exact) mass is 359 g/mol. The molecule has 1 aromatic heterocycles. The minimum Gasteiger partial charge on any atom is -0.464 e. The average molecular weight is 360 g/mol. The normalized spacial score (nSPS) is 10.7. The molecular formula is C17H14BrNO3. The third-order valence-corrected chi connectivity index (χ3v) is 4.11. The van der Waals surface area contributed by atoms with Crippen LogP contribution in [0.4, 0.5) is 0 Å². The number of benzene rings is 2. The molecule has 0 fully saturated rings. The maximum absolute atomic E-state index is 11.8. The number of rotatable bonds is 3. The van der Waals surface area contributed by atoms with E-state index < -0.39 is 0 Å². The van der Waals surface area contributed by atoms with Crippen LogP contribution in [0.25, 0.3) is 10.9 Å². The summed E-state index contributed by atoms with van der Waals surface area (Å²) in [6, 6.07) is 15.1. The van der Waals surface area contributed by atoms with Crippen LogP contribution in [0.2, 0.25) is 0 Å². The van der Waals surface area contributed by atoms with Crippen LogP contribution in [0.3, 0.4) is 0 Å². The van der Waals surface area contributed by atoms with E-state index in [1.165, 1.54) is 7.11 Å². The van der Waals surface area contributed by atoms with E-state index in [0.29, 0.717) is 11.4 Å². The van der Waals surface area contributed by atoms with E-state index in [1.54, 1.807) is 10.6 Å². The van der Waals surface area contributed by atoms with Crippen molar-refractivity contribution >= 4 is 32.8 Å². The lowest BCUT2D eigenvalue weighted by Crippen LogP contribution is -2.06. The molecule has 0 aliphatic carbocycles. The number of aromatic nitrogens is 1. The molecule has 0 spiro atoms. The molecule has 112 valence electrons. The predicted octanol–water partition coefficient (Wildman–Crippen LogP) is 4.52. The summed E-state index contributed by atoms with van der Waals surface area (Å²) < 4.78 is 13.3. The van der Waals surface area contributed by atoms with Crippen molar-refractivity contribution in [3.05, 3.63) is 58.7 Å². The van der Waals surface area contributed by atoms with Crippen LogP contribution in [-0.2, 0) is 11.8 Å². The van der Waals surface area contributed by atoms with Crippen molar-refractivity contribution in [2.24, 2.45) is 7.05 Å². The summed E-state index contributed by atoms with van der Waals surface area (Å²) in [4.78, 5) is 11.8. The first-order valence-corrected chi connectivity index (χ1v) is 7.49. The van der Waals surface area contributed by atoms with Crippen LogP contribution in [0.5, 0.6) is 11.5 Å². The van der Waals surface area contributed by atoms with Crippen LogP contribution >= 0.6 is 15.9 Å². The highest BCUT2D eigenvalue weighted by atomic mass is 79.9. The van der Waals surface area contributed by atoms with Crippen LogP contribution < -0.4 is 4.74 Å². The summed E-state index contributed by atoms with van der Waals surface area (Å²) in [5, 5.41) is 0.934. The Morgan fingerprint density at radius 1 is 1.09 bits per heavy atom. The maximum Gasteiger partial charge on any atom is 0.354 e. The molecule has 3 aromatic rings. The molecule has 22 heavy (non-hydrogen) atoms. The predicted molar refractivity (Wildman–Crippen MR) is 88.5 cm³/mol. The lowest BCUT2D eigenvalue weighted by Gasteiger charge is -2.08. The molecule has 2 aromatic carbocycles. The van der Waals surface area contributed by atoms with Crippen molar-refractivity contribution in [3.8, 4) is 11.5 Å². The summed E-state index contributed by atoms with van der Waals surface area (Å²) in [6.45, 7) is 0. The third kappa shape index (κ3) is 2.60. The van der Waals surface area contributed by atoms with E-state index in [1.807, 2.05) is 49.5 Å². The fourth-order valence-corrected chi connectivity index (χ4v) is 2.89. The van der Waals surface area contributed by atoms with E-state index in [-0.39, 0.29) is 5.97 Å². The first-order valence-electron chi connectivity index (χ1n) is 6.70. The Kier molecular flexibility index (Phi) is 3.90. The van der Waals surface area contributed by atoms with Gasteiger partial charge in [0.2, 0.25) is 0 Å². The SMILES string of the molecule is COC(=O)c1cc2c(Br)cc(Oc3ccccc3)cc2n1C.